The molecule has 1 fully saturated rings. The minimum absolute atomic E-state index is 0.783. The van der Waals surface area contributed by atoms with Crippen molar-refractivity contribution in [1.29, 1.82) is 0 Å². The van der Waals surface area contributed by atoms with Gasteiger partial charge in [0.15, 0.2) is 6.29 Å². The van der Waals surface area contributed by atoms with Crippen LogP contribution in [0.4, 0.5) is 0 Å². The Morgan fingerprint density at radius 2 is 1.45 bits per heavy atom. The quantitative estimate of drug-likeness (QED) is 0.228. The summed E-state index contributed by atoms with van der Waals surface area (Å²) in [5, 5.41) is 27.6. The molecule has 1 aliphatic heterocycles. The lowest BCUT2D eigenvalue weighted by Gasteiger charge is -2.20. The van der Waals surface area contributed by atoms with Crippen LogP contribution in [-0.4, -0.2) is 66.1 Å². The summed E-state index contributed by atoms with van der Waals surface area (Å²) in [7, 11) is -16.7. The number of aliphatic hydroxyl groups excluding tert-OH is 3. The molecule has 0 amide bonds. The first kappa shape index (κ1) is 20.3. The molecule has 1 heterocycles. The maximum Gasteiger partial charge on any atom is 0.490 e. The molecule has 3 unspecified atom stereocenters. The lowest BCUT2D eigenvalue weighted by atomic mass is 10.1. The van der Waals surface area contributed by atoms with E-state index in [9.17, 15) is 28.8 Å². The fourth-order valence-corrected chi connectivity index (χ4v) is 4.48. The standard InChI is InChI=1S/C5H13O14P3/c6-1-2-3(7)4(8)5(16-2)17-21(12,13)19-22(14,15)18-20(9,10)11/h2-8H,1H2,(H,12,13)(H,14,15)(H2,9,10,11)/t2-,3-,4+,5?/m1/s1. The number of phosphoric acid groups is 3. The first-order chi connectivity index (χ1) is 9.76. The summed E-state index contributed by atoms with van der Waals surface area (Å²) in [5.74, 6) is 0. The van der Waals surface area contributed by atoms with Crippen molar-refractivity contribution in [3.63, 3.8) is 0 Å². The van der Waals surface area contributed by atoms with E-state index in [1.165, 1.54) is 0 Å². The average Bonchev–Trinajstić information content (AvgIpc) is 2.51. The van der Waals surface area contributed by atoms with Crippen LogP contribution >= 0.6 is 23.5 Å². The van der Waals surface area contributed by atoms with Crippen molar-refractivity contribution in [3.05, 3.63) is 0 Å². The van der Waals surface area contributed by atoms with Crippen molar-refractivity contribution < 1.29 is 66.5 Å². The van der Waals surface area contributed by atoms with Crippen LogP contribution in [0.5, 0.6) is 0 Å². The third kappa shape index (κ3) is 6.04. The fourth-order valence-electron chi connectivity index (χ4n) is 1.38. The van der Waals surface area contributed by atoms with Crippen LogP contribution in [0.25, 0.3) is 0 Å². The number of rotatable bonds is 7. The third-order valence-corrected chi connectivity index (χ3v) is 5.95. The Hall–Kier alpha value is 0.250. The molecule has 132 valence electrons. The predicted molar refractivity (Wildman–Crippen MR) is 62.7 cm³/mol. The first-order valence-electron chi connectivity index (χ1n) is 5.21. The number of aliphatic hydroxyl groups is 3. The van der Waals surface area contributed by atoms with Gasteiger partial charge < -0.3 is 39.6 Å². The Bertz CT molecular complexity index is 527. The van der Waals surface area contributed by atoms with Crippen molar-refractivity contribution in [2.24, 2.45) is 0 Å². The van der Waals surface area contributed by atoms with Gasteiger partial charge in [0, 0.05) is 0 Å². The smallest absolute Gasteiger partial charge is 0.394 e. The second-order valence-electron chi connectivity index (χ2n) is 3.90. The molecule has 0 saturated carbocycles. The van der Waals surface area contributed by atoms with Crippen molar-refractivity contribution in [2.45, 2.75) is 24.6 Å². The molecular formula is C5H13O14P3. The van der Waals surface area contributed by atoms with Crippen LogP contribution in [0.3, 0.4) is 0 Å². The molecule has 1 rings (SSSR count). The molecule has 0 aromatic rings. The van der Waals surface area contributed by atoms with Crippen LogP contribution in [-0.2, 0) is 31.6 Å². The minimum atomic E-state index is -5.70. The van der Waals surface area contributed by atoms with Gasteiger partial charge in [-0.25, -0.2) is 13.7 Å². The van der Waals surface area contributed by atoms with Crippen molar-refractivity contribution in [3.8, 4) is 0 Å². The van der Waals surface area contributed by atoms with Gasteiger partial charge in [0.05, 0.1) is 6.61 Å². The van der Waals surface area contributed by atoms with E-state index in [1.807, 2.05) is 0 Å². The van der Waals surface area contributed by atoms with Gasteiger partial charge in [-0.2, -0.15) is 8.62 Å². The van der Waals surface area contributed by atoms with Crippen LogP contribution in [0.2, 0.25) is 0 Å². The molecule has 1 aliphatic rings. The summed E-state index contributed by atoms with van der Waals surface area (Å²) < 4.78 is 48.5. The molecule has 0 bridgehead atoms. The average molecular weight is 390 g/mol. The molecule has 7 N–H and O–H groups in total. The number of hydrogen-bond donors (Lipinski definition) is 7. The van der Waals surface area contributed by atoms with Crippen LogP contribution in [0, 0.1) is 0 Å². The van der Waals surface area contributed by atoms with Gasteiger partial charge in [-0.3, -0.25) is 4.52 Å². The number of ether oxygens (including phenoxy) is 1. The van der Waals surface area contributed by atoms with Crippen molar-refractivity contribution in [2.75, 3.05) is 6.61 Å². The molecule has 1 saturated heterocycles. The summed E-state index contributed by atoms with van der Waals surface area (Å²) in [6.45, 7) is -0.783. The molecule has 0 aromatic carbocycles. The predicted octanol–water partition coefficient (Wildman–Crippen LogP) is -2.23. The van der Waals surface area contributed by atoms with Gasteiger partial charge in [-0.15, -0.1) is 0 Å². The highest BCUT2D eigenvalue weighted by Crippen LogP contribution is 2.66. The molecule has 6 atom stereocenters. The third-order valence-electron chi connectivity index (χ3n) is 2.15. The Kier molecular flexibility index (Phi) is 6.47. The first-order valence-corrected chi connectivity index (χ1v) is 9.73. The van der Waals surface area contributed by atoms with Gasteiger partial charge in [-0.05, 0) is 0 Å². The maximum atomic E-state index is 11.4. The summed E-state index contributed by atoms with van der Waals surface area (Å²) in [6.07, 6.45) is -7.00. The van der Waals surface area contributed by atoms with Crippen LogP contribution in [0.1, 0.15) is 0 Å². The second-order valence-corrected chi connectivity index (χ2v) is 8.28. The zero-order chi connectivity index (χ0) is 17.3. The van der Waals surface area contributed by atoms with E-state index in [4.69, 9.17) is 19.8 Å². The Morgan fingerprint density at radius 3 is 1.86 bits per heavy atom. The lowest BCUT2D eigenvalue weighted by Crippen LogP contribution is -2.34. The highest BCUT2D eigenvalue weighted by atomic mass is 31.3. The van der Waals surface area contributed by atoms with Gasteiger partial charge >= 0.3 is 23.5 Å². The summed E-state index contributed by atoms with van der Waals surface area (Å²) in [5.41, 5.74) is 0. The van der Waals surface area contributed by atoms with E-state index >= 15 is 0 Å². The van der Waals surface area contributed by atoms with Gasteiger partial charge in [-0.1, -0.05) is 0 Å². The zero-order valence-electron chi connectivity index (χ0n) is 10.3. The van der Waals surface area contributed by atoms with E-state index < -0.39 is 54.7 Å². The monoisotopic (exact) mass is 390 g/mol. The SMILES string of the molecule is O=P(O)(O)OP(=O)(O)OP(=O)(O)OC1O[C@H](CO)[C@@H](O)[C@@H]1O. The van der Waals surface area contributed by atoms with E-state index in [1.54, 1.807) is 0 Å². The molecule has 0 aliphatic carbocycles. The Labute approximate surface area is 122 Å². The molecule has 22 heavy (non-hydrogen) atoms. The summed E-state index contributed by atoms with van der Waals surface area (Å²) in [6, 6.07) is 0. The lowest BCUT2D eigenvalue weighted by molar-refractivity contribution is -0.125. The molecular weight excluding hydrogens is 377 g/mol. The van der Waals surface area contributed by atoms with Gasteiger partial charge in [0.1, 0.15) is 18.3 Å². The maximum absolute atomic E-state index is 11.4. The summed E-state index contributed by atoms with van der Waals surface area (Å²) in [4.78, 5) is 34.7. The largest absolute Gasteiger partial charge is 0.490 e. The Balaban J connectivity index is 2.74. The molecule has 0 spiro atoms. The normalized spacial score (nSPS) is 35.0. The number of phosphoric ester groups is 1. The van der Waals surface area contributed by atoms with Gasteiger partial charge in [0.25, 0.3) is 0 Å². The van der Waals surface area contributed by atoms with E-state index in [0.717, 1.165) is 0 Å². The second kappa shape index (κ2) is 7.01. The topological polar surface area (TPSA) is 230 Å². The van der Waals surface area contributed by atoms with Crippen molar-refractivity contribution in [1.82, 2.24) is 0 Å². The highest BCUT2D eigenvalue weighted by molar-refractivity contribution is 7.66. The fraction of sp³-hybridized carbons (Fsp3) is 1.00. The summed E-state index contributed by atoms with van der Waals surface area (Å²) >= 11 is 0. The minimum Gasteiger partial charge on any atom is -0.394 e. The van der Waals surface area contributed by atoms with E-state index in [-0.39, 0.29) is 0 Å². The highest BCUT2D eigenvalue weighted by Gasteiger charge is 2.49. The van der Waals surface area contributed by atoms with Gasteiger partial charge in [0.2, 0.25) is 0 Å². The van der Waals surface area contributed by atoms with E-state index in [0.29, 0.717) is 0 Å². The molecule has 17 heteroatoms. The van der Waals surface area contributed by atoms with Crippen LogP contribution in [0.15, 0.2) is 0 Å². The molecule has 0 aromatic heterocycles. The Morgan fingerprint density at radius 1 is 0.909 bits per heavy atom. The van der Waals surface area contributed by atoms with Crippen molar-refractivity contribution >= 4 is 23.5 Å². The zero-order valence-corrected chi connectivity index (χ0v) is 13.0. The molecule has 0 radical (unpaired) electrons. The molecule has 14 nitrogen and oxygen atoms in total. The van der Waals surface area contributed by atoms with Crippen LogP contribution < -0.4 is 0 Å². The van der Waals surface area contributed by atoms with E-state index in [2.05, 4.69) is 17.9 Å². The number of hydrogen-bond acceptors (Lipinski definition) is 10.